The van der Waals surface area contributed by atoms with Gasteiger partial charge in [0.05, 0.1) is 32.6 Å². The molecule has 0 bridgehead atoms. The number of hydrogen-bond acceptors (Lipinski definition) is 6. The normalized spacial score (nSPS) is 20.0. The van der Waals surface area contributed by atoms with E-state index in [1.54, 1.807) is 7.11 Å². The molecule has 0 aliphatic carbocycles. The second-order valence-corrected chi connectivity index (χ2v) is 14.2. The van der Waals surface area contributed by atoms with Crippen LogP contribution in [0.15, 0.2) is 12.1 Å². The highest BCUT2D eigenvalue weighted by molar-refractivity contribution is 6.74. The van der Waals surface area contributed by atoms with Crippen molar-refractivity contribution in [2.45, 2.75) is 64.1 Å². The van der Waals surface area contributed by atoms with E-state index >= 15 is 0 Å². The Morgan fingerprint density at radius 1 is 1.14 bits per heavy atom. The van der Waals surface area contributed by atoms with E-state index in [0.29, 0.717) is 31.3 Å². The van der Waals surface area contributed by atoms with Crippen molar-refractivity contribution in [1.82, 2.24) is 0 Å². The number of hydrogen-bond donors (Lipinski definition) is 1. The second-order valence-electron chi connectivity index (χ2n) is 9.37. The molecule has 28 heavy (non-hydrogen) atoms. The lowest BCUT2D eigenvalue weighted by Crippen LogP contribution is -2.45. The first-order chi connectivity index (χ1) is 13.1. The average molecular weight is 409 g/mol. The van der Waals surface area contributed by atoms with Crippen LogP contribution >= 0.6 is 0 Å². The summed E-state index contributed by atoms with van der Waals surface area (Å²) in [5, 5.41) is 0.167. The maximum Gasteiger partial charge on any atom is 0.192 e. The molecule has 0 atom stereocenters. The first kappa shape index (κ1) is 21.4. The van der Waals surface area contributed by atoms with Gasteiger partial charge in [-0.1, -0.05) is 20.8 Å². The van der Waals surface area contributed by atoms with Gasteiger partial charge in [0, 0.05) is 43.2 Å². The predicted octanol–water partition coefficient (Wildman–Crippen LogP) is 4.14. The largest absolute Gasteiger partial charge is 0.495 e. The number of benzene rings is 1. The van der Waals surface area contributed by atoms with E-state index in [2.05, 4.69) is 38.8 Å². The fourth-order valence-electron chi connectivity index (χ4n) is 3.57. The van der Waals surface area contributed by atoms with Gasteiger partial charge in [-0.05, 0) is 24.2 Å². The molecule has 1 spiro atoms. The molecule has 2 fully saturated rings. The minimum absolute atomic E-state index is 0.167. The van der Waals surface area contributed by atoms with Crippen molar-refractivity contribution >= 4 is 19.7 Å². The first-order valence-corrected chi connectivity index (χ1v) is 13.1. The molecular weight excluding hydrogens is 372 g/mol. The van der Waals surface area contributed by atoms with Crippen LogP contribution in [0.1, 0.15) is 39.2 Å². The van der Waals surface area contributed by atoms with Crippen molar-refractivity contribution in [1.29, 1.82) is 0 Å². The Hall–Kier alpha value is -1.28. The number of nitrogens with two attached hydrogens (primary N) is 1. The van der Waals surface area contributed by atoms with E-state index in [1.165, 1.54) is 0 Å². The Kier molecular flexibility index (Phi) is 6.01. The van der Waals surface area contributed by atoms with Crippen molar-refractivity contribution < 1.29 is 18.6 Å². The van der Waals surface area contributed by atoms with E-state index in [9.17, 15) is 0 Å². The summed E-state index contributed by atoms with van der Waals surface area (Å²) >= 11 is 0. The zero-order chi connectivity index (χ0) is 20.6. The zero-order valence-corrected chi connectivity index (χ0v) is 19.3. The monoisotopic (exact) mass is 408 g/mol. The summed E-state index contributed by atoms with van der Waals surface area (Å²) in [6, 6.07) is 4.06. The first-order valence-electron chi connectivity index (χ1n) is 10.2. The number of methoxy groups -OCH3 is 1. The Labute approximate surface area is 170 Å². The van der Waals surface area contributed by atoms with E-state index in [1.807, 2.05) is 12.1 Å². The van der Waals surface area contributed by atoms with E-state index in [-0.39, 0.29) is 10.8 Å². The predicted molar refractivity (Wildman–Crippen MR) is 115 cm³/mol. The molecule has 0 unspecified atom stereocenters. The summed E-state index contributed by atoms with van der Waals surface area (Å²) in [6.45, 7) is 15.0. The number of nitrogens with zero attached hydrogens (tertiary/aromatic N) is 1. The van der Waals surface area contributed by atoms with Gasteiger partial charge in [0.25, 0.3) is 0 Å². The third kappa shape index (κ3) is 4.32. The SMILES string of the molecule is COc1cc(N2CCC3(CC2)OCCO3)c(CO[Si](C)(C)C(C)(C)C)cc1N. The summed E-state index contributed by atoms with van der Waals surface area (Å²) in [5.41, 5.74) is 9.13. The van der Waals surface area contributed by atoms with Crippen LogP contribution in [0.4, 0.5) is 11.4 Å². The van der Waals surface area contributed by atoms with Crippen LogP contribution in [-0.2, 0) is 20.5 Å². The maximum atomic E-state index is 6.50. The summed E-state index contributed by atoms with van der Waals surface area (Å²) < 4.78 is 23.7. The molecule has 6 nitrogen and oxygen atoms in total. The Balaban J connectivity index is 1.81. The average Bonchev–Trinajstić information content (AvgIpc) is 3.08. The lowest BCUT2D eigenvalue weighted by Gasteiger charge is -2.40. The number of ether oxygens (including phenoxy) is 3. The highest BCUT2D eigenvalue weighted by Gasteiger charge is 2.41. The van der Waals surface area contributed by atoms with Gasteiger partial charge in [-0.3, -0.25) is 0 Å². The van der Waals surface area contributed by atoms with Crippen molar-refractivity contribution in [2.75, 3.05) is 44.0 Å². The molecule has 2 heterocycles. The van der Waals surface area contributed by atoms with Gasteiger partial charge in [-0.2, -0.15) is 0 Å². The molecule has 0 aromatic heterocycles. The summed E-state index contributed by atoms with van der Waals surface area (Å²) in [7, 11) is -0.197. The van der Waals surface area contributed by atoms with Crippen molar-refractivity contribution in [3.63, 3.8) is 0 Å². The van der Waals surface area contributed by atoms with Crippen LogP contribution in [0.2, 0.25) is 18.1 Å². The fraction of sp³-hybridized carbons (Fsp3) is 0.714. The van der Waals surface area contributed by atoms with Gasteiger partial charge in [0.15, 0.2) is 14.1 Å². The number of rotatable bonds is 5. The van der Waals surface area contributed by atoms with Crippen LogP contribution in [0.5, 0.6) is 5.75 Å². The minimum Gasteiger partial charge on any atom is -0.495 e. The second kappa shape index (κ2) is 7.86. The molecule has 7 heteroatoms. The van der Waals surface area contributed by atoms with E-state index < -0.39 is 8.32 Å². The van der Waals surface area contributed by atoms with Gasteiger partial charge < -0.3 is 29.3 Å². The molecule has 0 radical (unpaired) electrons. The van der Waals surface area contributed by atoms with E-state index in [0.717, 1.165) is 37.2 Å². The summed E-state index contributed by atoms with van der Waals surface area (Å²) in [4.78, 5) is 2.38. The lowest BCUT2D eigenvalue weighted by molar-refractivity contribution is -0.169. The molecule has 2 aliphatic heterocycles. The van der Waals surface area contributed by atoms with Gasteiger partial charge >= 0.3 is 0 Å². The zero-order valence-electron chi connectivity index (χ0n) is 18.3. The molecule has 1 aromatic carbocycles. The molecule has 0 saturated carbocycles. The summed E-state index contributed by atoms with van der Waals surface area (Å²) in [6.07, 6.45) is 1.73. The molecule has 2 aliphatic rings. The lowest BCUT2D eigenvalue weighted by atomic mass is 10.0. The van der Waals surface area contributed by atoms with Gasteiger partial charge in [-0.25, -0.2) is 0 Å². The van der Waals surface area contributed by atoms with Gasteiger partial charge in [0.2, 0.25) is 0 Å². The molecule has 1 aromatic rings. The highest BCUT2D eigenvalue weighted by Crippen LogP contribution is 2.40. The van der Waals surface area contributed by atoms with Crippen LogP contribution < -0.4 is 15.4 Å². The van der Waals surface area contributed by atoms with Crippen LogP contribution in [0, 0.1) is 0 Å². The van der Waals surface area contributed by atoms with Crippen LogP contribution in [-0.4, -0.2) is 47.5 Å². The highest BCUT2D eigenvalue weighted by atomic mass is 28.4. The van der Waals surface area contributed by atoms with Crippen molar-refractivity contribution in [3.05, 3.63) is 17.7 Å². The molecular formula is C21H36N2O4Si. The molecule has 158 valence electrons. The smallest absolute Gasteiger partial charge is 0.192 e. The Morgan fingerprint density at radius 2 is 1.75 bits per heavy atom. The van der Waals surface area contributed by atoms with Gasteiger partial charge in [0.1, 0.15) is 5.75 Å². The van der Waals surface area contributed by atoms with Crippen molar-refractivity contribution in [2.24, 2.45) is 0 Å². The summed E-state index contributed by atoms with van der Waals surface area (Å²) in [5.74, 6) is 0.325. The number of anilines is 2. The Morgan fingerprint density at radius 3 is 2.29 bits per heavy atom. The quantitative estimate of drug-likeness (QED) is 0.583. The maximum absolute atomic E-state index is 6.50. The van der Waals surface area contributed by atoms with Gasteiger partial charge in [-0.15, -0.1) is 0 Å². The van der Waals surface area contributed by atoms with E-state index in [4.69, 9.17) is 24.4 Å². The molecule has 3 rings (SSSR count). The van der Waals surface area contributed by atoms with Crippen LogP contribution in [0.25, 0.3) is 0 Å². The molecule has 2 saturated heterocycles. The third-order valence-corrected chi connectivity index (χ3v) is 11.0. The number of piperidine rings is 1. The van der Waals surface area contributed by atoms with Crippen molar-refractivity contribution in [3.8, 4) is 5.75 Å². The number of nitrogen functional groups attached to an aromatic ring is 1. The standard InChI is InChI=1S/C21H36N2O4Si/c1-20(2,3)28(5,6)27-15-16-13-17(22)19(24-4)14-18(16)23-9-7-21(8-10-23)25-11-12-26-21/h13-14H,7-12,15,22H2,1-6H3. The van der Waals surface area contributed by atoms with Crippen LogP contribution in [0.3, 0.4) is 0 Å². The molecule has 2 N–H and O–H groups in total. The Bertz CT molecular complexity index is 686. The fourth-order valence-corrected chi connectivity index (χ4v) is 4.52. The topological polar surface area (TPSA) is 66.2 Å². The third-order valence-electron chi connectivity index (χ3n) is 6.51. The molecule has 0 amide bonds. The minimum atomic E-state index is -1.86.